The van der Waals surface area contributed by atoms with E-state index >= 15 is 0 Å². The lowest BCUT2D eigenvalue weighted by molar-refractivity contribution is -0.197. The van der Waals surface area contributed by atoms with Crippen LogP contribution in [0.1, 0.15) is 12.8 Å². The van der Waals surface area contributed by atoms with Gasteiger partial charge in [0.15, 0.2) is 5.75 Å². The quantitative estimate of drug-likeness (QED) is 0.792. The number of hydrogen-bond acceptors (Lipinski definition) is 4. The van der Waals surface area contributed by atoms with Gasteiger partial charge in [-0.05, 0) is 49.2 Å². The summed E-state index contributed by atoms with van der Waals surface area (Å²) in [6.45, 7) is 1.56. The Morgan fingerprint density at radius 1 is 1.09 bits per heavy atom. The number of nitrogens with zero attached hydrogens (tertiary/aromatic N) is 2. The van der Waals surface area contributed by atoms with Gasteiger partial charge >= 0.3 is 8.02 Å². The maximum atomic E-state index is 13.8. The number of halogens is 1. The summed E-state index contributed by atoms with van der Waals surface area (Å²) in [5, 5.41) is 0.640. The molecule has 2 saturated heterocycles. The summed E-state index contributed by atoms with van der Waals surface area (Å²) < 4.78 is 10.0. The van der Waals surface area contributed by atoms with E-state index < -0.39 is 8.02 Å². The topological polar surface area (TPSA) is 38.8 Å². The van der Waals surface area contributed by atoms with Gasteiger partial charge in [-0.25, -0.2) is 4.67 Å². The Balaban J connectivity index is 1.69. The molecule has 0 N–H and O–H groups in total. The summed E-state index contributed by atoms with van der Waals surface area (Å²) in [5.74, 6) is 0.589. The van der Waals surface area contributed by atoms with Crippen molar-refractivity contribution >= 4 is 25.3 Å². The highest BCUT2D eigenvalue weighted by Crippen LogP contribution is 2.65. The zero-order valence-electron chi connectivity index (χ0n) is 12.6. The first-order valence-corrected chi connectivity index (χ1v) is 9.73. The molecule has 2 aliphatic rings. The highest BCUT2D eigenvalue weighted by atomic mass is 35.5. The smallest absolute Gasteiger partial charge is 0.326 e. The van der Waals surface area contributed by atoms with E-state index in [1.807, 2.05) is 35.0 Å². The fourth-order valence-corrected chi connectivity index (χ4v) is 6.18. The lowest BCUT2D eigenvalue weighted by Crippen LogP contribution is -2.37. The van der Waals surface area contributed by atoms with Crippen molar-refractivity contribution < 1.29 is 9.42 Å². The van der Waals surface area contributed by atoms with E-state index in [-0.39, 0.29) is 0 Å². The summed E-state index contributed by atoms with van der Waals surface area (Å²) >= 11 is 5.93. The summed E-state index contributed by atoms with van der Waals surface area (Å²) in [5.41, 5.74) is 0.944. The molecule has 0 spiro atoms. The van der Waals surface area contributed by atoms with Crippen molar-refractivity contribution in [2.75, 3.05) is 17.8 Å². The highest BCUT2D eigenvalue weighted by molar-refractivity contribution is 7.64. The number of fused-ring (bicyclic) bond motifs is 1. The first-order valence-electron chi connectivity index (χ1n) is 7.82. The molecule has 4 nitrogen and oxygen atoms in total. The fourth-order valence-electron chi connectivity index (χ4n) is 3.37. The fraction of sp³-hybridized carbons (Fsp3) is 0.294. The molecule has 0 radical (unpaired) electrons. The molecule has 2 heterocycles. The molecule has 23 heavy (non-hydrogen) atoms. The molecular formula is C17H18ClN2O2P. The van der Waals surface area contributed by atoms with Crippen molar-refractivity contribution in [2.45, 2.75) is 18.9 Å². The van der Waals surface area contributed by atoms with Crippen LogP contribution in [0.5, 0.6) is 5.75 Å². The van der Waals surface area contributed by atoms with Crippen LogP contribution in [0.4, 0.5) is 5.69 Å². The average Bonchev–Trinajstić information content (AvgIpc) is 3.13. The molecule has 2 atom stereocenters. The van der Waals surface area contributed by atoms with Gasteiger partial charge in [0.2, 0.25) is 0 Å². The van der Waals surface area contributed by atoms with Gasteiger partial charge in [-0.3, -0.25) is 0 Å². The van der Waals surface area contributed by atoms with E-state index in [2.05, 4.69) is 4.67 Å². The van der Waals surface area contributed by atoms with E-state index in [1.54, 1.807) is 24.3 Å². The SMILES string of the molecule is [O-][P+]1(Oc2ccc(Cl)cc2)N(c2ccccc2)C[C@@H]2CCCN21. The van der Waals surface area contributed by atoms with Crippen molar-refractivity contribution in [3.05, 3.63) is 59.6 Å². The monoisotopic (exact) mass is 348 g/mol. The van der Waals surface area contributed by atoms with E-state index in [0.717, 1.165) is 31.6 Å². The van der Waals surface area contributed by atoms with Crippen LogP contribution in [-0.4, -0.2) is 23.8 Å². The number of benzene rings is 2. The van der Waals surface area contributed by atoms with Gasteiger partial charge in [0.25, 0.3) is 0 Å². The first kappa shape index (κ1) is 15.2. The molecule has 4 rings (SSSR count). The molecule has 0 aromatic heterocycles. The van der Waals surface area contributed by atoms with Crippen LogP contribution in [0, 0.1) is 0 Å². The predicted molar refractivity (Wildman–Crippen MR) is 92.5 cm³/mol. The maximum Gasteiger partial charge on any atom is 0.326 e. The standard InChI is InChI=1S/C17H18ClN2O2P/c18-14-8-10-17(11-9-14)22-23(21)19-12-4-7-16(19)13-20(23)15-5-2-1-3-6-15/h1-3,5-6,8-11,16H,4,7,12-13H2/t16-,23?/m0/s1. The Morgan fingerprint density at radius 2 is 1.83 bits per heavy atom. The molecule has 2 fully saturated rings. The number of hydrogen-bond donors (Lipinski definition) is 0. The molecule has 0 aliphatic carbocycles. The molecule has 0 saturated carbocycles. The van der Waals surface area contributed by atoms with Crippen LogP contribution in [0.25, 0.3) is 0 Å². The van der Waals surface area contributed by atoms with Crippen molar-refractivity contribution in [2.24, 2.45) is 0 Å². The third kappa shape index (κ3) is 2.70. The minimum absolute atomic E-state index is 0.299. The van der Waals surface area contributed by atoms with Crippen LogP contribution in [-0.2, 0) is 0 Å². The molecular weight excluding hydrogens is 331 g/mol. The summed E-state index contributed by atoms with van der Waals surface area (Å²) in [7, 11) is -3.12. The number of para-hydroxylation sites is 1. The van der Waals surface area contributed by atoms with Gasteiger partial charge in [0.05, 0.1) is 18.3 Å². The molecule has 1 unspecified atom stereocenters. The molecule has 120 valence electrons. The van der Waals surface area contributed by atoms with E-state index in [4.69, 9.17) is 16.1 Å². The molecule has 2 aromatic rings. The first-order chi connectivity index (χ1) is 11.2. The lowest BCUT2D eigenvalue weighted by atomic mass is 10.2. The number of rotatable bonds is 3. The average molecular weight is 349 g/mol. The van der Waals surface area contributed by atoms with Crippen molar-refractivity contribution in [3.63, 3.8) is 0 Å². The van der Waals surface area contributed by atoms with Gasteiger partial charge in [-0.1, -0.05) is 29.8 Å². The summed E-state index contributed by atoms with van der Waals surface area (Å²) in [4.78, 5) is 13.8. The normalized spacial score (nSPS) is 27.2. The van der Waals surface area contributed by atoms with Crippen LogP contribution in [0.2, 0.25) is 5.02 Å². The second-order valence-electron chi connectivity index (χ2n) is 5.91. The Labute approximate surface area is 141 Å². The van der Waals surface area contributed by atoms with E-state index in [0.29, 0.717) is 16.8 Å². The Bertz CT molecular complexity index is 685. The maximum absolute atomic E-state index is 13.8. The molecule has 2 aliphatic heterocycles. The van der Waals surface area contributed by atoms with Gasteiger partial charge in [-0.15, -0.1) is 4.67 Å². The number of anilines is 1. The van der Waals surface area contributed by atoms with Gasteiger partial charge < -0.3 is 9.42 Å². The molecule has 0 bridgehead atoms. The summed E-state index contributed by atoms with van der Waals surface area (Å²) in [6, 6.07) is 17.2. The zero-order chi connectivity index (χ0) is 15.9. The van der Waals surface area contributed by atoms with Crippen molar-refractivity contribution in [1.82, 2.24) is 4.67 Å². The van der Waals surface area contributed by atoms with Crippen LogP contribution < -0.4 is 14.1 Å². The minimum Gasteiger partial charge on any atom is -0.614 e. The second-order valence-corrected chi connectivity index (χ2v) is 8.51. The highest BCUT2D eigenvalue weighted by Gasteiger charge is 2.58. The largest absolute Gasteiger partial charge is 0.614 e. The summed E-state index contributed by atoms with van der Waals surface area (Å²) in [6.07, 6.45) is 2.14. The Kier molecular flexibility index (Phi) is 3.94. The van der Waals surface area contributed by atoms with Crippen LogP contribution in [0.15, 0.2) is 54.6 Å². The Morgan fingerprint density at radius 3 is 2.57 bits per heavy atom. The lowest BCUT2D eigenvalue weighted by Gasteiger charge is -2.36. The Hall–Kier alpha value is -1.32. The minimum atomic E-state index is -3.12. The van der Waals surface area contributed by atoms with Gasteiger partial charge in [0, 0.05) is 11.6 Å². The second kappa shape index (κ2) is 5.95. The molecule has 6 heteroatoms. The van der Waals surface area contributed by atoms with Crippen molar-refractivity contribution in [1.29, 1.82) is 0 Å². The third-order valence-corrected chi connectivity index (χ3v) is 7.33. The van der Waals surface area contributed by atoms with E-state index in [1.165, 1.54) is 0 Å². The van der Waals surface area contributed by atoms with Crippen molar-refractivity contribution in [3.8, 4) is 5.75 Å². The zero-order valence-corrected chi connectivity index (χ0v) is 14.3. The van der Waals surface area contributed by atoms with Crippen LogP contribution >= 0.6 is 19.6 Å². The molecule has 2 aromatic carbocycles. The molecule has 0 amide bonds. The predicted octanol–water partition coefficient (Wildman–Crippen LogP) is 3.74. The van der Waals surface area contributed by atoms with Gasteiger partial charge in [0.1, 0.15) is 0 Å². The van der Waals surface area contributed by atoms with Crippen LogP contribution in [0.3, 0.4) is 0 Å². The van der Waals surface area contributed by atoms with Gasteiger partial charge in [-0.2, -0.15) is 0 Å². The van der Waals surface area contributed by atoms with E-state index in [9.17, 15) is 4.89 Å². The third-order valence-electron chi connectivity index (χ3n) is 4.45.